The maximum absolute atomic E-state index is 11.1. The fraction of sp³-hybridized carbons (Fsp3) is 0.643. The molecule has 0 bridgehead atoms. The highest BCUT2D eigenvalue weighted by atomic mass is 127. The van der Waals surface area contributed by atoms with Crippen LogP contribution in [0.5, 0.6) is 0 Å². The lowest BCUT2D eigenvalue weighted by molar-refractivity contribution is -0.140. The van der Waals surface area contributed by atoms with Crippen LogP contribution in [0.25, 0.3) is 0 Å². The fourth-order valence-corrected chi connectivity index (χ4v) is 2.42. The summed E-state index contributed by atoms with van der Waals surface area (Å²) < 4.78 is 4.60. The predicted octanol–water partition coefficient (Wildman–Crippen LogP) is 2.50. The molecule has 22 heavy (non-hydrogen) atoms. The number of hydrogen-bond donors (Lipinski definition) is 2. The second-order valence-electron chi connectivity index (χ2n) is 4.77. The number of guanidine groups is 1. The maximum atomic E-state index is 11.1. The monoisotopic (exact) mass is 440 g/mol. The lowest BCUT2D eigenvalue weighted by Gasteiger charge is -2.10. The van der Waals surface area contributed by atoms with E-state index in [0.29, 0.717) is 31.4 Å². The third-order valence-corrected chi connectivity index (χ3v) is 3.58. The average molecular weight is 440 g/mol. The van der Waals surface area contributed by atoms with Crippen molar-refractivity contribution < 1.29 is 9.53 Å². The zero-order valence-corrected chi connectivity index (χ0v) is 16.7. The molecule has 0 aliphatic carbocycles. The van der Waals surface area contributed by atoms with Gasteiger partial charge in [-0.05, 0) is 12.8 Å². The van der Waals surface area contributed by atoms with Crippen molar-refractivity contribution in [3.05, 3.63) is 16.1 Å². The molecule has 0 unspecified atom stereocenters. The number of carbonyl (C=O) groups excluding carboxylic acids is 1. The molecule has 0 amide bonds. The fourth-order valence-electron chi connectivity index (χ4n) is 1.54. The number of esters is 1. The van der Waals surface area contributed by atoms with Gasteiger partial charge in [0.2, 0.25) is 0 Å². The van der Waals surface area contributed by atoms with Crippen LogP contribution < -0.4 is 10.6 Å². The SMILES string of the molecule is CCNC(=NCc1nc(C(C)C)cs1)NCCC(=O)OC.I. The quantitative estimate of drug-likeness (QED) is 0.295. The number of nitrogens with zero attached hydrogens (tertiary/aromatic N) is 2. The summed E-state index contributed by atoms with van der Waals surface area (Å²) in [5.41, 5.74) is 1.11. The number of methoxy groups -OCH3 is 1. The molecular weight excluding hydrogens is 415 g/mol. The number of aliphatic imine (C=N–C) groups is 1. The first-order chi connectivity index (χ1) is 10.1. The van der Waals surface area contributed by atoms with Crippen molar-refractivity contribution in [1.29, 1.82) is 0 Å². The van der Waals surface area contributed by atoms with Crippen molar-refractivity contribution in [2.24, 2.45) is 4.99 Å². The highest BCUT2D eigenvalue weighted by molar-refractivity contribution is 14.0. The van der Waals surface area contributed by atoms with Crippen molar-refractivity contribution >= 4 is 47.2 Å². The minimum absolute atomic E-state index is 0. The van der Waals surface area contributed by atoms with E-state index in [2.05, 4.69) is 44.6 Å². The highest BCUT2D eigenvalue weighted by Gasteiger charge is 2.06. The summed E-state index contributed by atoms with van der Waals surface area (Å²) >= 11 is 1.62. The standard InChI is InChI=1S/C14H24N4O2S.HI/c1-5-15-14(16-7-6-13(19)20-4)17-8-12-18-11(9-21-12)10(2)3;/h9-10H,5-8H2,1-4H3,(H2,15,16,17);1H. The van der Waals surface area contributed by atoms with Crippen molar-refractivity contribution in [1.82, 2.24) is 15.6 Å². The molecule has 0 fully saturated rings. The summed E-state index contributed by atoms with van der Waals surface area (Å²) in [7, 11) is 1.39. The van der Waals surface area contributed by atoms with Gasteiger partial charge in [0.15, 0.2) is 5.96 Å². The van der Waals surface area contributed by atoms with E-state index in [0.717, 1.165) is 17.2 Å². The van der Waals surface area contributed by atoms with Crippen LogP contribution in [-0.2, 0) is 16.1 Å². The molecule has 1 rings (SSSR count). The Morgan fingerprint density at radius 1 is 1.45 bits per heavy atom. The molecule has 1 heterocycles. The molecule has 0 saturated heterocycles. The summed E-state index contributed by atoms with van der Waals surface area (Å²) in [6.45, 7) is 8.04. The minimum Gasteiger partial charge on any atom is -0.469 e. The molecule has 0 aliphatic rings. The molecule has 8 heteroatoms. The summed E-state index contributed by atoms with van der Waals surface area (Å²) in [6, 6.07) is 0. The average Bonchev–Trinajstić information content (AvgIpc) is 2.93. The molecule has 2 N–H and O–H groups in total. The topological polar surface area (TPSA) is 75.6 Å². The van der Waals surface area contributed by atoms with Gasteiger partial charge in [-0.2, -0.15) is 0 Å². The van der Waals surface area contributed by atoms with Gasteiger partial charge < -0.3 is 15.4 Å². The third kappa shape index (κ3) is 7.92. The number of halogens is 1. The number of hydrogen-bond acceptors (Lipinski definition) is 5. The normalized spacial score (nSPS) is 11.0. The van der Waals surface area contributed by atoms with Crippen LogP contribution in [0.3, 0.4) is 0 Å². The van der Waals surface area contributed by atoms with E-state index in [1.807, 2.05) is 6.92 Å². The Morgan fingerprint density at radius 3 is 2.73 bits per heavy atom. The van der Waals surface area contributed by atoms with E-state index in [1.54, 1.807) is 11.3 Å². The van der Waals surface area contributed by atoms with Crippen LogP contribution in [0.4, 0.5) is 0 Å². The van der Waals surface area contributed by atoms with Gasteiger partial charge in [-0.25, -0.2) is 9.98 Å². The summed E-state index contributed by atoms with van der Waals surface area (Å²) in [5, 5.41) is 9.30. The molecule has 6 nitrogen and oxygen atoms in total. The molecule has 0 radical (unpaired) electrons. The molecule has 1 aromatic rings. The number of aromatic nitrogens is 1. The van der Waals surface area contributed by atoms with E-state index in [9.17, 15) is 4.79 Å². The second-order valence-corrected chi connectivity index (χ2v) is 5.71. The molecule has 126 valence electrons. The molecule has 0 aliphatic heterocycles. The Morgan fingerprint density at radius 2 is 2.18 bits per heavy atom. The largest absolute Gasteiger partial charge is 0.469 e. The van der Waals surface area contributed by atoms with E-state index < -0.39 is 0 Å². The summed E-state index contributed by atoms with van der Waals surface area (Å²) in [4.78, 5) is 20.1. The molecule has 1 aromatic heterocycles. The number of rotatable bonds is 7. The van der Waals surface area contributed by atoms with E-state index in [-0.39, 0.29) is 29.9 Å². The predicted molar refractivity (Wildman–Crippen MR) is 101 cm³/mol. The van der Waals surface area contributed by atoms with Gasteiger partial charge in [-0.15, -0.1) is 35.3 Å². The van der Waals surface area contributed by atoms with Crippen molar-refractivity contribution in [3.63, 3.8) is 0 Å². The van der Waals surface area contributed by atoms with E-state index in [1.165, 1.54) is 7.11 Å². The van der Waals surface area contributed by atoms with Gasteiger partial charge in [0.05, 0.1) is 25.8 Å². The molecular formula is C14H25IN4O2S. The summed E-state index contributed by atoms with van der Waals surface area (Å²) in [6.07, 6.45) is 0.315. The van der Waals surface area contributed by atoms with Crippen molar-refractivity contribution in [2.45, 2.75) is 39.7 Å². The van der Waals surface area contributed by atoms with Crippen molar-refractivity contribution in [3.8, 4) is 0 Å². The van der Waals surface area contributed by atoms with Gasteiger partial charge in [0.25, 0.3) is 0 Å². The van der Waals surface area contributed by atoms with Gasteiger partial charge in [0.1, 0.15) is 5.01 Å². The zero-order valence-electron chi connectivity index (χ0n) is 13.5. The first kappa shape index (κ1) is 21.1. The summed E-state index contributed by atoms with van der Waals surface area (Å²) in [5.74, 6) is 0.882. The maximum Gasteiger partial charge on any atom is 0.307 e. The number of nitrogens with one attached hydrogen (secondary N) is 2. The number of ether oxygens (including phenoxy) is 1. The lowest BCUT2D eigenvalue weighted by atomic mass is 10.2. The molecule has 0 aromatic carbocycles. The lowest BCUT2D eigenvalue weighted by Crippen LogP contribution is -2.38. The Bertz CT molecular complexity index is 477. The van der Waals surface area contributed by atoms with Gasteiger partial charge in [-0.3, -0.25) is 4.79 Å². The first-order valence-corrected chi connectivity index (χ1v) is 7.98. The van der Waals surface area contributed by atoms with Gasteiger partial charge >= 0.3 is 5.97 Å². The zero-order chi connectivity index (χ0) is 15.7. The smallest absolute Gasteiger partial charge is 0.307 e. The first-order valence-electron chi connectivity index (χ1n) is 7.10. The van der Waals surface area contributed by atoms with Crippen LogP contribution >= 0.6 is 35.3 Å². The Balaban J connectivity index is 0.00000441. The third-order valence-electron chi connectivity index (χ3n) is 2.73. The Kier molecular flexibility index (Phi) is 11.2. The number of carbonyl (C=O) groups is 1. The van der Waals surface area contributed by atoms with E-state index in [4.69, 9.17) is 0 Å². The molecule has 0 saturated carbocycles. The minimum atomic E-state index is -0.236. The van der Waals surface area contributed by atoms with E-state index >= 15 is 0 Å². The molecule has 0 spiro atoms. The highest BCUT2D eigenvalue weighted by Crippen LogP contribution is 2.18. The molecule has 0 atom stereocenters. The van der Waals surface area contributed by atoms with Crippen LogP contribution in [0, 0.1) is 0 Å². The number of thiazole rings is 1. The van der Waals surface area contributed by atoms with Gasteiger partial charge in [-0.1, -0.05) is 13.8 Å². The Labute approximate surface area is 153 Å². The van der Waals surface area contributed by atoms with Crippen LogP contribution in [0.2, 0.25) is 0 Å². The van der Waals surface area contributed by atoms with Crippen LogP contribution in [0.1, 0.15) is 43.8 Å². The second kappa shape index (κ2) is 11.6. The van der Waals surface area contributed by atoms with Crippen LogP contribution in [0.15, 0.2) is 10.4 Å². The van der Waals surface area contributed by atoms with Crippen LogP contribution in [-0.4, -0.2) is 37.1 Å². The van der Waals surface area contributed by atoms with Gasteiger partial charge in [0, 0.05) is 18.5 Å². The Hall–Kier alpha value is -0.900. The van der Waals surface area contributed by atoms with Crippen molar-refractivity contribution in [2.75, 3.05) is 20.2 Å².